The number of nitrogens with one attached hydrogen (secondary N) is 2. The van der Waals surface area contributed by atoms with Gasteiger partial charge in [-0.3, -0.25) is 9.59 Å². The number of hydrogen-bond acceptors (Lipinski definition) is 3. The van der Waals surface area contributed by atoms with Crippen molar-refractivity contribution in [3.63, 3.8) is 0 Å². The van der Waals surface area contributed by atoms with Crippen LogP contribution in [-0.4, -0.2) is 30.1 Å². The standard InChI is InChI=1S/C16H24N2O3/c1-11-5-6-12(2)13(9-11)18-15(21)14(20)17-10-16(3,4)7-8-19/h5-6,9,19H,7-8,10H2,1-4H3,(H,17,20)(H,18,21). The molecule has 1 aromatic carbocycles. The smallest absolute Gasteiger partial charge is 0.313 e. The Morgan fingerprint density at radius 1 is 1.19 bits per heavy atom. The van der Waals surface area contributed by atoms with E-state index < -0.39 is 11.8 Å². The first-order chi connectivity index (χ1) is 9.75. The van der Waals surface area contributed by atoms with Crippen molar-refractivity contribution in [2.75, 3.05) is 18.5 Å². The number of anilines is 1. The summed E-state index contributed by atoms with van der Waals surface area (Å²) in [5.74, 6) is -1.34. The molecule has 0 unspecified atom stereocenters. The van der Waals surface area contributed by atoms with Crippen LogP contribution in [0.25, 0.3) is 0 Å². The van der Waals surface area contributed by atoms with Gasteiger partial charge in [-0.2, -0.15) is 0 Å². The van der Waals surface area contributed by atoms with Gasteiger partial charge in [-0.25, -0.2) is 0 Å². The lowest BCUT2D eigenvalue weighted by molar-refractivity contribution is -0.136. The first-order valence-electron chi connectivity index (χ1n) is 7.02. The molecule has 0 aliphatic carbocycles. The average Bonchev–Trinajstić information content (AvgIpc) is 2.40. The second kappa shape index (κ2) is 7.22. The highest BCUT2D eigenvalue weighted by Crippen LogP contribution is 2.18. The molecule has 0 aromatic heterocycles. The molecule has 116 valence electrons. The van der Waals surface area contributed by atoms with Crippen LogP contribution in [0.5, 0.6) is 0 Å². The third kappa shape index (κ3) is 5.55. The van der Waals surface area contributed by atoms with E-state index in [1.165, 1.54) is 0 Å². The molecule has 5 nitrogen and oxygen atoms in total. The van der Waals surface area contributed by atoms with Crippen LogP contribution < -0.4 is 10.6 Å². The van der Waals surface area contributed by atoms with Crippen LogP contribution in [0.1, 0.15) is 31.4 Å². The average molecular weight is 292 g/mol. The summed E-state index contributed by atoms with van der Waals surface area (Å²) in [5, 5.41) is 14.2. The van der Waals surface area contributed by atoms with Gasteiger partial charge >= 0.3 is 11.8 Å². The molecule has 5 heteroatoms. The molecule has 0 bridgehead atoms. The first kappa shape index (κ1) is 17.2. The Labute approximate surface area is 125 Å². The minimum atomic E-state index is -0.677. The third-order valence-corrected chi connectivity index (χ3v) is 3.36. The van der Waals surface area contributed by atoms with Crippen LogP contribution in [0, 0.1) is 19.3 Å². The van der Waals surface area contributed by atoms with Crippen molar-refractivity contribution in [1.82, 2.24) is 5.32 Å². The van der Waals surface area contributed by atoms with Crippen LogP contribution in [-0.2, 0) is 9.59 Å². The summed E-state index contributed by atoms with van der Waals surface area (Å²) in [6.45, 7) is 8.03. The van der Waals surface area contributed by atoms with E-state index in [1.807, 2.05) is 45.9 Å². The van der Waals surface area contributed by atoms with Gasteiger partial charge in [0.1, 0.15) is 0 Å². The number of carbonyl (C=O) groups is 2. The Kier molecular flexibility index (Phi) is 5.90. The molecular formula is C16H24N2O3. The molecule has 1 aromatic rings. The van der Waals surface area contributed by atoms with Gasteiger partial charge in [0.15, 0.2) is 0 Å². The third-order valence-electron chi connectivity index (χ3n) is 3.36. The number of aliphatic hydroxyl groups excluding tert-OH is 1. The highest BCUT2D eigenvalue weighted by Gasteiger charge is 2.21. The maximum absolute atomic E-state index is 11.9. The van der Waals surface area contributed by atoms with Gasteiger partial charge in [0.05, 0.1) is 0 Å². The lowest BCUT2D eigenvalue weighted by Crippen LogP contribution is -2.40. The summed E-state index contributed by atoms with van der Waals surface area (Å²) in [6.07, 6.45) is 0.561. The summed E-state index contributed by atoms with van der Waals surface area (Å²) < 4.78 is 0. The van der Waals surface area contributed by atoms with E-state index in [0.717, 1.165) is 11.1 Å². The fraction of sp³-hybridized carbons (Fsp3) is 0.500. The van der Waals surface area contributed by atoms with Gasteiger partial charge in [0.2, 0.25) is 0 Å². The quantitative estimate of drug-likeness (QED) is 0.724. The van der Waals surface area contributed by atoms with Crippen molar-refractivity contribution in [2.45, 2.75) is 34.1 Å². The molecule has 0 saturated heterocycles. The molecule has 0 saturated carbocycles. The molecule has 0 radical (unpaired) electrons. The molecule has 0 aliphatic heterocycles. The molecule has 0 fully saturated rings. The van der Waals surface area contributed by atoms with Crippen LogP contribution in [0.4, 0.5) is 5.69 Å². The fourth-order valence-electron chi connectivity index (χ4n) is 1.84. The first-order valence-corrected chi connectivity index (χ1v) is 7.02. The topological polar surface area (TPSA) is 78.4 Å². The summed E-state index contributed by atoms with van der Waals surface area (Å²) in [5.41, 5.74) is 2.32. The Hall–Kier alpha value is -1.88. The summed E-state index contributed by atoms with van der Waals surface area (Å²) in [4.78, 5) is 23.7. The van der Waals surface area contributed by atoms with E-state index in [1.54, 1.807) is 0 Å². The van der Waals surface area contributed by atoms with Crippen molar-refractivity contribution in [3.8, 4) is 0 Å². The lowest BCUT2D eigenvalue weighted by Gasteiger charge is -2.23. The predicted molar refractivity (Wildman–Crippen MR) is 83.0 cm³/mol. The zero-order valence-electron chi connectivity index (χ0n) is 13.1. The molecule has 3 N–H and O–H groups in total. The Balaban J connectivity index is 2.59. The number of aliphatic hydroxyl groups is 1. The summed E-state index contributed by atoms with van der Waals surface area (Å²) in [7, 11) is 0. The SMILES string of the molecule is Cc1ccc(C)c(NC(=O)C(=O)NCC(C)(C)CCO)c1. The molecule has 0 aliphatic rings. The zero-order valence-corrected chi connectivity index (χ0v) is 13.1. The van der Waals surface area contributed by atoms with Crippen LogP contribution in [0.2, 0.25) is 0 Å². The lowest BCUT2D eigenvalue weighted by atomic mass is 9.90. The van der Waals surface area contributed by atoms with Crippen molar-refractivity contribution in [2.24, 2.45) is 5.41 Å². The van der Waals surface area contributed by atoms with Gasteiger partial charge in [-0.1, -0.05) is 26.0 Å². The molecule has 0 spiro atoms. The number of carbonyl (C=O) groups excluding carboxylic acids is 2. The minimum absolute atomic E-state index is 0.0531. The van der Waals surface area contributed by atoms with E-state index in [4.69, 9.17) is 5.11 Å². The van der Waals surface area contributed by atoms with Crippen molar-refractivity contribution in [3.05, 3.63) is 29.3 Å². The van der Waals surface area contributed by atoms with Gasteiger partial charge in [0, 0.05) is 18.8 Å². The van der Waals surface area contributed by atoms with Crippen molar-refractivity contribution < 1.29 is 14.7 Å². The second-order valence-electron chi connectivity index (χ2n) is 6.09. The number of hydrogen-bond donors (Lipinski definition) is 3. The number of amides is 2. The largest absolute Gasteiger partial charge is 0.396 e. The Morgan fingerprint density at radius 2 is 1.86 bits per heavy atom. The normalized spacial score (nSPS) is 11.1. The van der Waals surface area contributed by atoms with Gasteiger partial charge in [0.25, 0.3) is 0 Å². The van der Waals surface area contributed by atoms with Gasteiger partial charge in [-0.15, -0.1) is 0 Å². The van der Waals surface area contributed by atoms with E-state index in [2.05, 4.69) is 10.6 Å². The Bertz CT molecular complexity index is 524. The summed E-state index contributed by atoms with van der Waals surface area (Å²) >= 11 is 0. The predicted octanol–water partition coefficient (Wildman–Crippen LogP) is 1.77. The summed E-state index contributed by atoms with van der Waals surface area (Å²) in [6, 6.07) is 5.67. The van der Waals surface area contributed by atoms with E-state index in [-0.39, 0.29) is 12.0 Å². The molecular weight excluding hydrogens is 268 g/mol. The van der Waals surface area contributed by atoms with E-state index >= 15 is 0 Å². The maximum atomic E-state index is 11.9. The maximum Gasteiger partial charge on any atom is 0.313 e. The van der Waals surface area contributed by atoms with Gasteiger partial charge < -0.3 is 15.7 Å². The Morgan fingerprint density at radius 3 is 2.48 bits per heavy atom. The van der Waals surface area contributed by atoms with Crippen LogP contribution >= 0.6 is 0 Å². The van der Waals surface area contributed by atoms with E-state index in [9.17, 15) is 9.59 Å². The molecule has 0 atom stereocenters. The highest BCUT2D eigenvalue weighted by molar-refractivity contribution is 6.39. The van der Waals surface area contributed by atoms with Gasteiger partial charge in [-0.05, 0) is 42.9 Å². The number of benzene rings is 1. The fourth-order valence-corrected chi connectivity index (χ4v) is 1.84. The van der Waals surface area contributed by atoms with E-state index in [0.29, 0.717) is 18.7 Å². The molecule has 2 amide bonds. The molecule has 21 heavy (non-hydrogen) atoms. The zero-order chi connectivity index (χ0) is 16.0. The van der Waals surface area contributed by atoms with Crippen LogP contribution in [0.15, 0.2) is 18.2 Å². The second-order valence-corrected chi connectivity index (χ2v) is 6.09. The van der Waals surface area contributed by atoms with Crippen LogP contribution in [0.3, 0.4) is 0 Å². The number of rotatable bonds is 5. The minimum Gasteiger partial charge on any atom is -0.396 e. The van der Waals surface area contributed by atoms with Crippen molar-refractivity contribution in [1.29, 1.82) is 0 Å². The monoisotopic (exact) mass is 292 g/mol. The van der Waals surface area contributed by atoms with Crippen molar-refractivity contribution >= 4 is 17.5 Å². The highest BCUT2D eigenvalue weighted by atomic mass is 16.3. The number of aryl methyl sites for hydroxylation is 2. The molecule has 0 heterocycles. The molecule has 1 rings (SSSR count).